The molecule has 0 amide bonds. The molecule has 0 spiro atoms. The van der Waals surface area contributed by atoms with Gasteiger partial charge in [-0.3, -0.25) is 0 Å². The van der Waals surface area contributed by atoms with Crippen molar-refractivity contribution in [2.75, 3.05) is 13.2 Å². The summed E-state index contributed by atoms with van der Waals surface area (Å²) in [7, 11) is 0. The molecule has 0 fully saturated rings. The van der Waals surface area contributed by atoms with Gasteiger partial charge in [0.2, 0.25) is 0 Å². The highest BCUT2D eigenvalue weighted by atomic mass is 79.9. The molecular weight excluding hydrogens is 322 g/mol. The Morgan fingerprint density at radius 3 is 2.95 bits per heavy atom. The van der Waals surface area contributed by atoms with E-state index in [2.05, 4.69) is 34.2 Å². The van der Waals surface area contributed by atoms with Crippen molar-refractivity contribution in [2.45, 2.75) is 19.5 Å². The van der Waals surface area contributed by atoms with Crippen molar-refractivity contribution in [3.8, 4) is 11.5 Å². The van der Waals surface area contributed by atoms with Crippen LogP contribution in [0.5, 0.6) is 11.5 Å². The van der Waals surface area contributed by atoms with Crippen molar-refractivity contribution < 1.29 is 13.9 Å². The average Bonchev–Trinajstić information content (AvgIpc) is 2.99. The molecule has 1 aromatic heterocycles. The normalized spacial score (nSPS) is 15.1. The van der Waals surface area contributed by atoms with E-state index in [0.717, 1.165) is 33.8 Å². The Morgan fingerprint density at radius 1 is 1.30 bits per heavy atom. The fourth-order valence-corrected chi connectivity index (χ4v) is 2.78. The molecular formula is C15H16BrNO3. The first-order valence-corrected chi connectivity index (χ1v) is 7.38. The number of fused-ring (bicyclic) bond motifs is 1. The molecule has 20 heavy (non-hydrogen) atoms. The minimum Gasteiger partial charge on any atom is -0.486 e. The Balaban J connectivity index is 1.70. The number of rotatable bonds is 4. The number of hydrogen-bond donors (Lipinski definition) is 1. The molecule has 1 aliphatic rings. The Morgan fingerprint density at radius 2 is 2.15 bits per heavy atom. The van der Waals surface area contributed by atoms with Crippen molar-refractivity contribution >= 4 is 15.9 Å². The van der Waals surface area contributed by atoms with Gasteiger partial charge in [0.1, 0.15) is 19.0 Å². The van der Waals surface area contributed by atoms with Gasteiger partial charge >= 0.3 is 0 Å². The van der Waals surface area contributed by atoms with E-state index in [1.165, 1.54) is 0 Å². The maximum absolute atomic E-state index is 5.62. The van der Waals surface area contributed by atoms with Gasteiger partial charge in [-0.05, 0) is 52.7 Å². The van der Waals surface area contributed by atoms with Crippen LogP contribution in [-0.4, -0.2) is 13.2 Å². The summed E-state index contributed by atoms with van der Waals surface area (Å²) in [6.45, 7) is 4.00. The largest absolute Gasteiger partial charge is 0.486 e. The van der Waals surface area contributed by atoms with Crippen LogP contribution in [0, 0.1) is 0 Å². The Hall–Kier alpha value is -1.46. The quantitative estimate of drug-likeness (QED) is 0.924. The second kappa shape index (κ2) is 5.89. The topological polar surface area (TPSA) is 43.6 Å². The molecule has 0 radical (unpaired) electrons. The Kier molecular flexibility index (Phi) is 3.98. The van der Waals surface area contributed by atoms with E-state index in [1.807, 2.05) is 18.2 Å². The van der Waals surface area contributed by atoms with Crippen LogP contribution in [0.4, 0.5) is 0 Å². The van der Waals surface area contributed by atoms with Gasteiger partial charge in [0.05, 0.1) is 16.8 Å². The van der Waals surface area contributed by atoms with Crippen molar-refractivity contribution in [3.63, 3.8) is 0 Å². The minimum absolute atomic E-state index is 0.164. The van der Waals surface area contributed by atoms with Gasteiger partial charge in [-0.2, -0.15) is 0 Å². The van der Waals surface area contributed by atoms with Crippen molar-refractivity contribution in [1.82, 2.24) is 5.32 Å². The molecule has 3 rings (SSSR count). The summed E-state index contributed by atoms with van der Waals surface area (Å²) in [6.07, 6.45) is 1.69. The molecule has 1 aromatic carbocycles. The molecule has 1 N–H and O–H groups in total. The molecule has 5 heteroatoms. The molecule has 2 aromatic rings. The number of furan rings is 1. The number of halogens is 1. The van der Waals surface area contributed by atoms with Crippen LogP contribution in [-0.2, 0) is 6.54 Å². The fourth-order valence-electron chi connectivity index (χ4n) is 2.18. The van der Waals surface area contributed by atoms with E-state index in [9.17, 15) is 0 Å². The standard InChI is InChI=1S/C15H16BrNO3/c1-10(13-3-2-4-18-13)17-9-11-7-12(16)15-14(8-11)19-5-6-20-15/h2-4,7-8,10,17H,5-6,9H2,1H3/t10-/m1/s1. The number of hydrogen-bond acceptors (Lipinski definition) is 4. The van der Waals surface area contributed by atoms with Gasteiger partial charge < -0.3 is 19.2 Å². The van der Waals surface area contributed by atoms with Crippen LogP contribution >= 0.6 is 15.9 Å². The third-order valence-corrected chi connectivity index (χ3v) is 3.83. The van der Waals surface area contributed by atoms with Gasteiger partial charge in [-0.15, -0.1) is 0 Å². The third kappa shape index (κ3) is 2.83. The predicted octanol–water partition coefficient (Wildman–Crippen LogP) is 3.66. The zero-order valence-corrected chi connectivity index (χ0v) is 12.8. The first kappa shape index (κ1) is 13.5. The first-order chi connectivity index (χ1) is 9.74. The molecule has 1 atom stereocenters. The lowest BCUT2D eigenvalue weighted by molar-refractivity contribution is 0.170. The van der Waals surface area contributed by atoms with Crippen LogP contribution in [0.15, 0.2) is 39.4 Å². The summed E-state index contributed by atoms with van der Waals surface area (Å²) in [5, 5.41) is 3.42. The van der Waals surface area contributed by atoms with Gasteiger partial charge in [0.25, 0.3) is 0 Å². The van der Waals surface area contributed by atoms with Gasteiger partial charge in [-0.1, -0.05) is 0 Å². The van der Waals surface area contributed by atoms with Crippen LogP contribution < -0.4 is 14.8 Å². The van der Waals surface area contributed by atoms with Crippen LogP contribution in [0.2, 0.25) is 0 Å². The van der Waals surface area contributed by atoms with E-state index in [-0.39, 0.29) is 6.04 Å². The Bertz CT molecular complexity index is 583. The summed E-state index contributed by atoms with van der Waals surface area (Å²) in [4.78, 5) is 0. The predicted molar refractivity (Wildman–Crippen MR) is 79.1 cm³/mol. The lowest BCUT2D eigenvalue weighted by Crippen LogP contribution is -2.19. The molecule has 0 aliphatic carbocycles. The SMILES string of the molecule is C[C@@H](NCc1cc(Br)c2c(c1)OCCO2)c1ccco1. The van der Waals surface area contributed by atoms with Crippen molar-refractivity contribution in [3.05, 3.63) is 46.3 Å². The second-order valence-electron chi connectivity index (χ2n) is 4.72. The summed E-state index contributed by atoms with van der Waals surface area (Å²) >= 11 is 3.53. The molecule has 2 heterocycles. The van der Waals surface area contributed by atoms with E-state index < -0.39 is 0 Å². The van der Waals surface area contributed by atoms with E-state index >= 15 is 0 Å². The average molecular weight is 338 g/mol. The van der Waals surface area contributed by atoms with Crippen LogP contribution in [0.3, 0.4) is 0 Å². The maximum Gasteiger partial charge on any atom is 0.175 e. The zero-order chi connectivity index (χ0) is 13.9. The molecule has 1 aliphatic heterocycles. The smallest absolute Gasteiger partial charge is 0.175 e. The fraction of sp³-hybridized carbons (Fsp3) is 0.333. The van der Waals surface area contributed by atoms with Crippen LogP contribution in [0.1, 0.15) is 24.3 Å². The third-order valence-electron chi connectivity index (χ3n) is 3.24. The molecule has 4 nitrogen and oxygen atoms in total. The lowest BCUT2D eigenvalue weighted by Gasteiger charge is -2.21. The van der Waals surface area contributed by atoms with E-state index in [0.29, 0.717) is 13.2 Å². The lowest BCUT2D eigenvalue weighted by atomic mass is 10.1. The van der Waals surface area contributed by atoms with E-state index in [4.69, 9.17) is 13.9 Å². The number of benzene rings is 1. The molecule has 106 valence electrons. The maximum atomic E-state index is 5.62. The number of nitrogens with one attached hydrogen (secondary N) is 1. The van der Waals surface area contributed by atoms with Gasteiger partial charge in [-0.25, -0.2) is 0 Å². The summed E-state index contributed by atoms with van der Waals surface area (Å²) < 4.78 is 17.5. The zero-order valence-electron chi connectivity index (χ0n) is 11.2. The summed E-state index contributed by atoms with van der Waals surface area (Å²) in [6, 6.07) is 8.10. The minimum atomic E-state index is 0.164. The highest BCUT2D eigenvalue weighted by Crippen LogP contribution is 2.38. The molecule has 0 bridgehead atoms. The summed E-state index contributed by atoms with van der Waals surface area (Å²) in [5.41, 5.74) is 1.14. The Labute approximate surface area is 126 Å². The highest BCUT2D eigenvalue weighted by Gasteiger charge is 2.16. The first-order valence-electron chi connectivity index (χ1n) is 6.59. The van der Waals surface area contributed by atoms with E-state index in [1.54, 1.807) is 6.26 Å². The highest BCUT2D eigenvalue weighted by molar-refractivity contribution is 9.10. The van der Waals surface area contributed by atoms with Crippen molar-refractivity contribution in [1.29, 1.82) is 0 Å². The van der Waals surface area contributed by atoms with Crippen LogP contribution in [0.25, 0.3) is 0 Å². The summed E-state index contributed by atoms with van der Waals surface area (Å²) in [5.74, 6) is 2.52. The molecule has 0 unspecified atom stereocenters. The van der Waals surface area contributed by atoms with Gasteiger partial charge in [0.15, 0.2) is 11.5 Å². The van der Waals surface area contributed by atoms with Crippen molar-refractivity contribution in [2.24, 2.45) is 0 Å². The number of ether oxygens (including phenoxy) is 2. The molecule has 0 saturated carbocycles. The van der Waals surface area contributed by atoms with Gasteiger partial charge in [0, 0.05) is 6.54 Å². The molecule has 0 saturated heterocycles. The second-order valence-corrected chi connectivity index (χ2v) is 5.57. The monoisotopic (exact) mass is 337 g/mol.